The molecule has 4 aromatic rings. The zero-order valence-electron chi connectivity index (χ0n) is 20.4. The maximum absolute atomic E-state index is 14.0. The Hall–Kier alpha value is -3.62. The van der Waals surface area contributed by atoms with Crippen LogP contribution < -0.4 is 9.47 Å². The second-order valence-electron chi connectivity index (χ2n) is 8.54. The largest absolute Gasteiger partial charge is 0.490 e. The van der Waals surface area contributed by atoms with Gasteiger partial charge in [0.1, 0.15) is 12.4 Å². The first-order valence-electron chi connectivity index (χ1n) is 12.0. The molecule has 2 amide bonds. The van der Waals surface area contributed by atoms with E-state index in [1.165, 1.54) is 11.0 Å². The highest BCUT2D eigenvalue weighted by molar-refractivity contribution is 9.10. The normalized spacial score (nSPS) is 14.5. The number of halogens is 2. The molecule has 4 aromatic carbocycles. The summed E-state index contributed by atoms with van der Waals surface area (Å²) in [6.07, 6.45) is 1.67. The van der Waals surface area contributed by atoms with E-state index < -0.39 is 0 Å². The summed E-state index contributed by atoms with van der Waals surface area (Å²) in [5.74, 6) is 0.189. The lowest BCUT2D eigenvalue weighted by Gasteiger charge is -2.15. The lowest BCUT2D eigenvalue weighted by atomic mass is 10.0. The van der Waals surface area contributed by atoms with Crippen molar-refractivity contribution in [3.63, 3.8) is 0 Å². The summed E-state index contributed by atoms with van der Waals surface area (Å²) in [5, 5.41) is 1.74. The second kappa shape index (κ2) is 11.4. The predicted octanol–water partition coefficient (Wildman–Crippen LogP) is 7.96. The number of thioether (sulfide) groups is 1. The highest BCUT2D eigenvalue weighted by atomic mass is 79.9. The van der Waals surface area contributed by atoms with E-state index in [1.807, 2.05) is 49.4 Å². The third-order valence-corrected chi connectivity index (χ3v) is 7.67. The molecule has 1 heterocycles. The van der Waals surface area contributed by atoms with Gasteiger partial charge >= 0.3 is 0 Å². The fourth-order valence-electron chi connectivity index (χ4n) is 4.19. The van der Waals surface area contributed by atoms with E-state index in [0.717, 1.165) is 28.1 Å². The van der Waals surface area contributed by atoms with Crippen LogP contribution in [0.3, 0.4) is 0 Å². The monoisotopic (exact) mass is 591 g/mol. The van der Waals surface area contributed by atoms with E-state index in [9.17, 15) is 14.0 Å². The Morgan fingerprint density at radius 1 is 0.921 bits per heavy atom. The zero-order chi connectivity index (χ0) is 26.6. The van der Waals surface area contributed by atoms with Crippen LogP contribution >= 0.6 is 27.7 Å². The summed E-state index contributed by atoms with van der Waals surface area (Å²) in [7, 11) is 0. The van der Waals surface area contributed by atoms with Gasteiger partial charge in [-0.1, -0.05) is 76.6 Å². The number of carbonyl (C=O) groups is 2. The van der Waals surface area contributed by atoms with Gasteiger partial charge in [0.15, 0.2) is 11.5 Å². The summed E-state index contributed by atoms with van der Waals surface area (Å²) in [6, 6.07) is 23.6. The number of hydrogen-bond acceptors (Lipinski definition) is 5. The molecule has 1 fully saturated rings. The van der Waals surface area contributed by atoms with Crippen molar-refractivity contribution in [2.24, 2.45) is 0 Å². The Morgan fingerprint density at radius 3 is 2.45 bits per heavy atom. The van der Waals surface area contributed by atoms with Crippen molar-refractivity contribution in [1.82, 2.24) is 4.90 Å². The number of amides is 2. The zero-order valence-corrected chi connectivity index (χ0v) is 22.9. The first-order chi connectivity index (χ1) is 18.4. The van der Waals surface area contributed by atoms with Crippen LogP contribution in [0.15, 0.2) is 88.2 Å². The molecule has 0 radical (unpaired) electrons. The molecule has 192 valence electrons. The van der Waals surface area contributed by atoms with Crippen molar-refractivity contribution in [3.05, 3.63) is 111 Å². The van der Waals surface area contributed by atoms with E-state index >= 15 is 0 Å². The van der Waals surface area contributed by atoms with Crippen LogP contribution in [0.4, 0.5) is 9.18 Å². The Kier molecular flexibility index (Phi) is 7.81. The van der Waals surface area contributed by atoms with Gasteiger partial charge in [-0.2, -0.15) is 0 Å². The number of nitrogens with zero attached hydrogens (tertiary/aromatic N) is 1. The quantitative estimate of drug-likeness (QED) is 0.194. The Labute approximate surface area is 232 Å². The molecule has 0 saturated carbocycles. The SMILES string of the molecule is CCOc1cc(/C=C2/SC(=O)N(Cc3cccc4ccccc34)C2=O)c(Br)cc1OCc1ccccc1F. The van der Waals surface area contributed by atoms with Crippen molar-refractivity contribution in [2.45, 2.75) is 20.1 Å². The summed E-state index contributed by atoms with van der Waals surface area (Å²) in [4.78, 5) is 27.7. The smallest absolute Gasteiger partial charge is 0.293 e. The van der Waals surface area contributed by atoms with Crippen LogP contribution in [0.1, 0.15) is 23.6 Å². The minimum atomic E-state index is -0.349. The van der Waals surface area contributed by atoms with Gasteiger partial charge in [-0.25, -0.2) is 4.39 Å². The molecule has 38 heavy (non-hydrogen) atoms. The minimum absolute atomic E-state index is 0.0333. The number of rotatable bonds is 8. The average Bonchev–Trinajstić information content (AvgIpc) is 3.18. The average molecular weight is 592 g/mol. The highest BCUT2D eigenvalue weighted by Gasteiger charge is 2.35. The van der Waals surface area contributed by atoms with Crippen LogP contribution in [0.2, 0.25) is 0 Å². The highest BCUT2D eigenvalue weighted by Crippen LogP contribution is 2.39. The molecule has 0 N–H and O–H groups in total. The van der Waals surface area contributed by atoms with Crippen LogP contribution in [0, 0.1) is 5.82 Å². The van der Waals surface area contributed by atoms with Gasteiger partial charge in [0, 0.05) is 10.0 Å². The van der Waals surface area contributed by atoms with Crippen molar-refractivity contribution >= 4 is 55.7 Å². The van der Waals surface area contributed by atoms with Gasteiger partial charge in [-0.05, 0) is 64.9 Å². The van der Waals surface area contributed by atoms with E-state index in [1.54, 1.807) is 36.4 Å². The molecule has 1 saturated heterocycles. The van der Waals surface area contributed by atoms with Crippen LogP contribution in [0.5, 0.6) is 11.5 Å². The number of ether oxygens (including phenoxy) is 2. The first kappa shape index (κ1) is 26.0. The third kappa shape index (κ3) is 5.47. The summed E-state index contributed by atoms with van der Waals surface area (Å²) < 4.78 is 26.3. The van der Waals surface area contributed by atoms with E-state index in [-0.39, 0.29) is 30.1 Å². The van der Waals surface area contributed by atoms with Gasteiger partial charge in [0.05, 0.1) is 18.1 Å². The molecule has 1 aliphatic heterocycles. The standard InChI is InChI=1S/C30H23BrFNO4S/c1-2-36-26-14-22(24(31)16-27(26)37-18-21-9-4-6-13-25(21)32)15-28-29(34)33(30(35)38-28)17-20-11-7-10-19-8-3-5-12-23(19)20/h3-16H,2,17-18H2,1H3/b28-15+. The van der Waals surface area contributed by atoms with Gasteiger partial charge in [0.2, 0.25) is 0 Å². The Morgan fingerprint density at radius 2 is 1.63 bits per heavy atom. The maximum atomic E-state index is 14.0. The van der Waals surface area contributed by atoms with Gasteiger partial charge < -0.3 is 9.47 Å². The predicted molar refractivity (Wildman–Crippen MR) is 152 cm³/mol. The van der Waals surface area contributed by atoms with Crippen LogP contribution in [-0.4, -0.2) is 22.7 Å². The van der Waals surface area contributed by atoms with Crippen molar-refractivity contribution < 1.29 is 23.5 Å². The molecule has 5 nitrogen and oxygen atoms in total. The molecule has 0 atom stereocenters. The fourth-order valence-corrected chi connectivity index (χ4v) is 5.46. The molecule has 0 spiro atoms. The minimum Gasteiger partial charge on any atom is -0.490 e. The molecule has 0 aromatic heterocycles. The molecular weight excluding hydrogens is 569 g/mol. The molecule has 0 aliphatic carbocycles. The lowest BCUT2D eigenvalue weighted by molar-refractivity contribution is -0.123. The third-order valence-electron chi connectivity index (χ3n) is 6.07. The summed E-state index contributed by atoms with van der Waals surface area (Å²) in [6.45, 7) is 2.46. The van der Waals surface area contributed by atoms with Crippen molar-refractivity contribution in [1.29, 1.82) is 0 Å². The second-order valence-corrected chi connectivity index (χ2v) is 10.4. The number of fused-ring (bicyclic) bond motifs is 1. The fraction of sp³-hybridized carbons (Fsp3) is 0.133. The molecule has 0 unspecified atom stereocenters. The molecular formula is C30H23BrFNO4S. The first-order valence-corrected chi connectivity index (χ1v) is 13.6. The topological polar surface area (TPSA) is 55.8 Å². The lowest BCUT2D eigenvalue weighted by Crippen LogP contribution is -2.27. The molecule has 8 heteroatoms. The number of benzene rings is 4. The number of imide groups is 1. The Balaban J connectivity index is 1.39. The molecule has 0 bridgehead atoms. The van der Waals surface area contributed by atoms with Gasteiger partial charge in [-0.3, -0.25) is 14.5 Å². The maximum Gasteiger partial charge on any atom is 0.293 e. The Bertz CT molecular complexity index is 1570. The number of hydrogen-bond donors (Lipinski definition) is 0. The van der Waals surface area contributed by atoms with Crippen LogP contribution in [-0.2, 0) is 17.9 Å². The van der Waals surface area contributed by atoms with Gasteiger partial charge in [0.25, 0.3) is 11.1 Å². The van der Waals surface area contributed by atoms with Crippen molar-refractivity contribution in [2.75, 3.05) is 6.61 Å². The number of carbonyl (C=O) groups excluding carboxylic acids is 2. The molecule has 1 aliphatic rings. The molecule has 5 rings (SSSR count). The van der Waals surface area contributed by atoms with E-state index in [4.69, 9.17) is 9.47 Å². The summed E-state index contributed by atoms with van der Waals surface area (Å²) >= 11 is 4.44. The van der Waals surface area contributed by atoms with E-state index in [2.05, 4.69) is 15.9 Å². The van der Waals surface area contributed by atoms with Crippen molar-refractivity contribution in [3.8, 4) is 11.5 Å². The summed E-state index contributed by atoms with van der Waals surface area (Å²) in [5.41, 5.74) is 1.99. The van der Waals surface area contributed by atoms with Crippen LogP contribution in [0.25, 0.3) is 16.8 Å². The van der Waals surface area contributed by atoms with Gasteiger partial charge in [-0.15, -0.1) is 0 Å². The van der Waals surface area contributed by atoms with E-state index in [0.29, 0.717) is 38.6 Å².